The molecule has 0 aliphatic heterocycles. The van der Waals surface area contributed by atoms with Crippen molar-refractivity contribution in [1.82, 2.24) is 10.2 Å². The van der Waals surface area contributed by atoms with Crippen LogP contribution in [-0.4, -0.2) is 36.3 Å². The standard InChI is InChI=1S/C23H30N2O3/c1-4-12-24-22(26)16-25(13-5-2)23(27)20-10-7-11-21(15-20)28-17-19-9-6-8-18(3)14-19/h6-11,14-15H,4-5,12-13,16-17H2,1-3H3,(H,24,26). The van der Waals surface area contributed by atoms with Gasteiger partial charge in [-0.3, -0.25) is 9.59 Å². The zero-order valence-corrected chi connectivity index (χ0v) is 17.0. The minimum Gasteiger partial charge on any atom is -0.489 e. The Morgan fingerprint density at radius 3 is 2.54 bits per heavy atom. The molecule has 2 amide bonds. The molecule has 5 heteroatoms. The number of ether oxygens (including phenoxy) is 1. The summed E-state index contributed by atoms with van der Waals surface area (Å²) in [7, 11) is 0. The molecule has 0 saturated carbocycles. The molecular formula is C23H30N2O3. The molecule has 0 heterocycles. The summed E-state index contributed by atoms with van der Waals surface area (Å²) >= 11 is 0. The van der Waals surface area contributed by atoms with Gasteiger partial charge in [0, 0.05) is 18.7 Å². The molecule has 0 spiro atoms. The van der Waals surface area contributed by atoms with Crippen LogP contribution in [-0.2, 0) is 11.4 Å². The Bertz CT molecular complexity index is 789. The van der Waals surface area contributed by atoms with Gasteiger partial charge in [0.05, 0.1) is 6.54 Å². The van der Waals surface area contributed by atoms with E-state index in [0.29, 0.717) is 31.0 Å². The maximum absolute atomic E-state index is 12.9. The number of amides is 2. The Morgan fingerprint density at radius 2 is 1.82 bits per heavy atom. The molecule has 0 bridgehead atoms. The van der Waals surface area contributed by atoms with E-state index in [4.69, 9.17) is 4.74 Å². The topological polar surface area (TPSA) is 58.6 Å². The van der Waals surface area contributed by atoms with Crippen LogP contribution in [0.5, 0.6) is 5.75 Å². The number of benzene rings is 2. The van der Waals surface area contributed by atoms with Crippen LogP contribution in [0.3, 0.4) is 0 Å². The molecule has 0 aliphatic carbocycles. The fourth-order valence-electron chi connectivity index (χ4n) is 2.89. The summed E-state index contributed by atoms with van der Waals surface area (Å²) in [6, 6.07) is 15.3. The molecule has 0 atom stereocenters. The van der Waals surface area contributed by atoms with Gasteiger partial charge >= 0.3 is 0 Å². The lowest BCUT2D eigenvalue weighted by atomic mass is 10.1. The maximum Gasteiger partial charge on any atom is 0.254 e. The van der Waals surface area contributed by atoms with Crippen molar-refractivity contribution >= 4 is 11.8 Å². The third kappa shape index (κ3) is 6.72. The Morgan fingerprint density at radius 1 is 1.04 bits per heavy atom. The smallest absolute Gasteiger partial charge is 0.254 e. The van der Waals surface area contributed by atoms with Crippen molar-refractivity contribution in [2.75, 3.05) is 19.6 Å². The van der Waals surface area contributed by atoms with Crippen LogP contribution in [0.1, 0.15) is 48.2 Å². The van der Waals surface area contributed by atoms with Crippen molar-refractivity contribution in [3.8, 4) is 5.75 Å². The Balaban J connectivity index is 2.04. The first-order chi connectivity index (χ1) is 13.5. The lowest BCUT2D eigenvalue weighted by molar-refractivity contribution is -0.121. The van der Waals surface area contributed by atoms with E-state index < -0.39 is 0 Å². The number of carbonyl (C=O) groups is 2. The summed E-state index contributed by atoms with van der Waals surface area (Å²) in [5, 5.41) is 2.82. The Labute approximate surface area is 167 Å². The minimum absolute atomic E-state index is 0.0705. The van der Waals surface area contributed by atoms with Crippen LogP contribution in [0.4, 0.5) is 0 Å². The number of hydrogen-bond donors (Lipinski definition) is 1. The van der Waals surface area contributed by atoms with Gasteiger partial charge in [-0.05, 0) is 43.5 Å². The van der Waals surface area contributed by atoms with Crippen LogP contribution in [0.25, 0.3) is 0 Å². The molecule has 28 heavy (non-hydrogen) atoms. The summed E-state index contributed by atoms with van der Waals surface area (Å²) < 4.78 is 5.86. The van der Waals surface area contributed by atoms with Gasteiger partial charge in [-0.1, -0.05) is 49.7 Å². The lowest BCUT2D eigenvalue weighted by Gasteiger charge is -2.22. The summed E-state index contributed by atoms with van der Waals surface area (Å²) in [5.74, 6) is 0.351. The molecular weight excluding hydrogens is 352 g/mol. The van der Waals surface area contributed by atoms with Gasteiger partial charge in [0.1, 0.15) is 12.4 Å². The van der Waals surface area contributed by atoms with Crippen LogP contribution >= 0.6 is 0 Å². The summed E-state index contributed by atoms with van der Waals surface area (Å²) in [4.78, 5) is 26.5. The van der Waals surface area contributed by atoms with E-state index in [1.54, 1.807) is 23.1 Å². The van der Waals surface area contributed by atoms with E-state index in [9.17, 15) is 9.59 Å². The Kier molecular flexibility index (Phi) is 8.53. The molecule has 0 aliphatic rings. The highest BCUT2D eigenvalue weighted by Gasteiger charge is 2.18. The molecule has 2 aromatic carbocycles. The van der Waals surface area contributed by atoms with E-state index in [-0.39, 0.29) is 18.4 Å². The van der Waals surface area contributed by atoms with Gasteiger partial charge in [0.2, 0.25) is 5.91 Å². The van der Waals surface area contributed by atoms with Gasteiger partial charge in [0.25, 0.3) is 5.91 Å². The third-order valence-corrected chi connectivity index (χ3v) is 4.26. The largest absolute Gasteiger partial charge is 0.489 e. The molecule has 0 radical (unpaired) electrons. The summed E-state index contributed by atoms with van der Waals surface area (Å²) in [5.41, 5.74) is 2.79. The fourth-order valence-corrected chi connectivity index (χ4v) is 2.89. The predicted molar refractivity (Wildman–Crippen MR) is 111 cm³/mol. The molecule has 2 rings (SSSR count). The van der Waals surface area contributed by atoms with Crippen LogP contribution < -0.4 is 10.1 Å². The normalized spacial score (nSPS) is 10.4. The second-order valence-corrected chi connectivity index (χ2v) is 6.88. The van der Waals surface area contributed by atoms with E-state index in [1.807, 2.05) is 45.0 Å². The van der Waals surface area contributed by atoms with E-state index in [1.165, 1.54) is 5.56 Å². The zero-order chi connectivity index (χ0) is 20.4. The molecule has 150 valence electrons. The van der Waals surface area contributed by atoms with Gasteiger partial charge in [-0.2, -0.15) is 0 Å². The van der Waals surface area contributed by atoms with Crippen molar-refractivity contribution in [2.45, 2.75) is 40.2 Å². The predicted octanol–water partition coefficient (Wildman–Crippen LogP) is 3.95. The molecule has 0 saturated heterocycles. The van der Waals surface area contributed by atoms with Crippen molar-refractivity contribution in [3.05, 3.63) is 65.2 Å². The zero-order valence-electron chi connectivity index (χ0n) is 17.0. The maximum atomic E-state index is 12.9. The van der Waals surface area contributed by atoms with Crippen LogP contribution in [0, 0.1) is 6.92 Å². The molecule has 0 aromatic heterocycles. The average Bonchev–Trinajstić information content (AvgIpc) is 2.70. The Hall–Kier alpha value is -2.82. The second kappa shape index (κ2) is 11.1. The highest BCUT2D eigenvalue weighted by molar-refractivity contribution is 5.96. The molecule has 0 unspecified atom stereocenters. The quantitative estimate of drug-likeness (QED) is 0.677. The van der Waals surface area contributed by atoms with E-state index in [2.05, 4.69) is 11.4 Å². The highest BCUT2D eigenvalue weighted by atomic mass is 16.5. The van der Waals surface area contributed by atoms with Crippen LogP contribution in [0.2, 0.25) is 0 Å². The average molecular weight is 383 g/mol. The third-order valence-electron chi connectivity index (χ3n) is 4.26. The fraction of sp³-hybridized carbons (Fsp3) is 0.391. The monoisotopic (exact) mass is 382 g/mol. The van der Waals surface area contributed by atoms with Gasteiger partial charge in [-0.25, -0.2) is 0 Å². The number of carbonyl (C=O) groups excluding carboxylic acids is 2. The van der Waals surface area contributed by atoms with Crippen molar-refractivity contribution in [2.24, 2.45) is 0 Å². The SMILES string of the molecule is CCCNC(=O)CN(CCC)C(=O)c1cccc(OCc2cccc(C)c2)c1. The number of nitrogens with zero attached hydrogens (tertiary/aromatic N) is 1. The van der Waals surface area contributed by atoms with E-state index >= 15 is 0 Å². The molecule has 0 fully saturated rings. The van der Waals surface area contributed by atoms with E-state index in [0.717, 1.165) is 18.4 Å². The number of nitrogens with one attached hydrogen (secondary N) is 1. The molecule has 1 N–H and O–H groups in total. The van der Waals surface area contributed by atoms with Crippen molar-refractivity contribution in [1.29, 1.82) is 0 Å². The summed E-state index contributed by atoms with van der Waals surface area (Å²) in [6.45, 7) is 7.70. The van der Waals surface area contributed by atoms with Crippen molar-refractivity contribution < 1.29 is 14.3 Å². The minimum atomic E-state index is -0.158. The van der Waals surface area contributed by atoms with Crippen LogP contribution in [0.15, 0.2) is 48.5 Å². The first-order valence-electron chi connectivity index (χ1n) is 9.87. The number of rotatable bonds is 10. The van der Waals surface area contributed by atoms with Gasteiger partial charge in [0.15, 0.2) is 0 Å². The first kappa shape index (κ1) is 21.5. The molecule has 2 aromatic rings. The van der Waals surface area contributed by atoms with Crippen molar-refractivity contribution in [3.63, 3.8) is 0 Å². The summed E-state index contributed by atoms with van der Waals surface area (Å²) in [6.07, 6.45) is 1.66. The van der Waals surface area contributed by atoms with Gasteiger partial charge in [-0.15, -0.1) is 0 Å². The highest BCUT2D eigenvalue weighted by Crippen LogP contribution is 2.17. The number of hydrogen-bond acceptors (Lipinski definition) is 3. The second-order valence-electron chi connectivity index (χ2n) is 6.88. The lowest BCUT2D eigenvalue weighted by Crippen LogP contribution is -2.41. The first-order valence-corrected chi connectivity index (χ1v) is 9.87. The van der Waals surface area contributed by atoms with Gasteiger partial charge < -0.3 is 15.0 Å². The molecule has 5 nitrogen and oxygen atoms in total. The number of aryl methyl sites for hydroxylation is 1.